The summed E-state index contributed by atoms with van der Waals surface area (Å²) in [6.07, 6.45) is 0. The topological polar surface area (TPSA) is 83.6 Å². The predicted molar refractivity (Wildman–Crippen MR) is 109 cm³/mol. The van der Waals surface area contributed by atoms with Crippen molar-refractivity contribution < 1.29 is 16.8 Å². The molecule has 2 aromatic carbocycles. The fourth-order valence-corrected chi connectivity index (χ4v) is 4.98. The van der Waals surface area contributed by atoms with Crippen LogP contribution in [0.3, 0.4) is 0 Å². The highest BCUT2D eigenvalue weighted by atomic mass is 32.2. The van der Waals surface area contributed by atoms with Crippen LogP contribution in [-0.2, 0) is 19.9 Å². The van der Waals surface area contributed by atoms with Crippen LogP contribution in [0.1, 0.15) is 23.3 Å². The number of rotatable bonds is 8. The molecule has 0 unspecified atom stereocenters. The summed E-state index contributed by atoms with van der Waals surface area (Å²) in [5.41, 5.74) is 2.42. The molecule has 0 saturated heterocycles. The van der Waals surface area contributed by atoms with Gasteiger partial charge < -0.3 is 4.90 Å². The maximum Gasteiger partial charge on any atom is 0.211 e. The van der Waals surface area contributed by atoms with Gasteiger partial charge in [-0.1, -0.05) is 29.8 Å². The normalized spacial score (nSPS) is 13.3. The predicted octanol–water partition coefficient (Wildman–Crippen LogP) is 2.52. The van der Waals surface area contributed by atoms with Crippen molar-refractivity contribution >= 4 is 25.5 Å². The molecule has 1 N–H and O–H groups in total. The van der Waals surface area contributed by atoms with Crippen LogP contribution in [0.2, 0.25) is 0 Å². The molecule has 0 heterocycles. The van der Waals surface area contributed by atoms with E-state index >= 15 is 0 Å². The summed E-state index contributed by atoms with van der Waals surface area (Å²) in [6, 6.07) is 13.7. The summed E-state index contributed by atoms with van der Waals surface area (Å²) < 4.78 is 52.6. The minimum atomic E-state index is -3.78. The fourth-order valence-electron chi connectivity index (χ4n) is 2.59. The number of benzene rings is 2. The van der Waals surface area contributed by atoms with E-state index < -0.39 is 25.1 Å². The van der Waals surface area contributed by atoms with Crippen molar-refractivity contribution in [3.63, 3.8) is 0 Å². The first-order valence-electron chi connectivity index (χ1n) is 8.62. The average molecular weight is 411 g/mol. The van der Waals surface area contributed by atoms with Gasteiger partial charge in [-0.2, -0.15) is 0 Å². The zero-order valence-electron chi connectivity index (χ0n) is 16.0. The number of sulfone groups is 1. The maximum atomic E-state index is 13.2. The van der Waals surface area contributed by atoms with E-state index in [0.717, 1.165) is 11.3 Å². The molecule has 1 atom stereocenters. The molecule has 2 rings (SSSR count). The Morgan fingerprint density at radius 1 is 0.926 bits per heavy atom. The van der Waals surface area contributed by atoms with Gasteiger partial charge in [0.25, 0.3) is 0 Å². The molecule has 8 heteroatoms. The van der Waals surface area contributed by atoms with Crippen molar-refractivity contribution in [3.05, 3.63) is 59.7 Å². The zero-order valence-corrected chi connectivity index (χ0v) is 17.6. The number of hydrogen-bond acceptors (Lipinski definition) is 5. The van der Waals surface area contributed by atoms with Crippen molar-refractivity contribution in [1.29, 1.82) is 0 Å². The van der Waals surface area contributed by atoms with Crippen LogP contribution in [0.15, 0.2) is 53.4 Å². The monoisotopic (exact) mass is 410 g/mol. The Balaban J connectivity index is 2.46. The second-order valence-corrected chi connectivity index (χ2v) is 10.8. The molecule has 0 radical (unpaired) electrons. The molecule has 0 aliphatic carbocycles. The first-order chi connectivity index (χ1) is 12.6. The van der Waals surface area contributed by atoms with E-state index in [4.69, 9.17) is 0 Å². The standard InChI is InChI=1S/C19H26N2O4S2/c1-5-26(22,23)20-14-19(16-8-10-17(11-9-16)21(3)4)27(24,25)18-12-6-15(2)7-13-18/h6-13,19-20H,5,14H2,1-4H3/t19-/m0/s1. The highest BCUT2D eigenvalue weighted by Crippen LogP contribution is 2.30. The third-order valence-electron chi connectivity index (χ3n) is 4.37. The second-order valence-electron chi connectivity index (χ2n) is 6.58. The Morgan fingerprint density at radius 3 is 1.96 bits per heavy atom. The van der Waals surface area contributed by atoms with Gasteiger partial charge in [-0.25, -0.2) is 21.6 Å². The van der Waals surface area contributed by atoms with Crippen LogP contribution in [0.5, 0.6) is 0 Å². The third kappa shape index (κ3) is 5.31. The summed E-state index contributed by atoms with van der Waals surface area (Å²) in [4.78, 5) is 2.08. The number of nitrogens with one attached hydrogen (secondary N) is 1. The summed E-state index contributed by atoms with van der Waals surface area (Å²) in [5.74, 6) is -0.107. The van der Waals surface area contributed by atoms with Gasteiger partial charge in [-0.05, 0) is 43.7 Å². The second kappa shape index (κ2) is 8.41. The highest BCUT2D eigenvalue weighted by molar-refractivity contribution is 7.92. The van der Waals surface area contributed by atoms with Crippen LogP contribution >= 0.6 is 0 Å². The van der Waals surface area contributed by atoms with E-state index in [1.165, 1.54) is 6.92 Å². The Morgan fingerprint density at radius 2 is 1.48 bits per heavy atom. The molecule has 2 aromatic rings. The molecule has 0 aliphatic rings. The summed E-state index contributed by atoms with van der Waals surface area (Å²) >= 11 is 0. The van der Waals surface area contributed by atoms with E-state index in [9.17, 15) is 16.8 Å². The van der Waals surface area contributed by atoms with Gasteiger partial charge in [0, 0.05) is 26.3 Å². The van der Waals surface area contributed by atoms with Crippen molar-refractivity contribution in [2.24, 2.45) is 0 Å². The van der Waals surface area contributed by atoms with E-state index in [2.05, 4.69) is 4.72 Å². The number of nitrogens with zero attached hydrogens (tertiary/aromatic N) is 1. The largest absolute Gasteiger partial charge is 0.378 e. The number of sulfonamides is 1. The lowest BCUT2D eigenvalue weighted by Gasteiger charge is -2.20. The molecule has 0 spiro atoms. The Kier molecular flexibility index (Phi) is 6.67. The van der Waals surface area contributed by atoms with Crippen LogP contribution in [-0.4, -0.2) is 43.2 Å². The quantitative estimate of drug-likeness (QED) is 0.723. The van der Waals surface area contributed by atoms with Crippen molar-refractivity contribution in [2.75, 3.05) is 31.3 Å². The molecule has 0 saturated carbocycles. The van der Waals surface area contributed by atoms with Crippen LogP contribution in [0, 0.1) is 6.92 Å². The SMILES string of the molecule is CCS(=O)(=O)NC[C@@H](c1ccc(N(C)C)cc1)S(=O)(=O)c1ccc(C)cc1. The van der Waals surface area contributed by atoms with E-state index in [1.807, 2.05) is 38.1 Å². The van der Waals surface area contributed by atoms with Gasteiger partial charge in [-0.15, -0.1) is 0 Å². The van der Waals surface area contributed by atoms with Crippen molar-refractivity contribution in [1.82, 2.24) is 4.72 Å². The molecular formula is C19H26N2O4S2. The molecule has 0 bridgehead atoms. The molecule has 0 fully saturated rings. The smallest absolute Gasteiger partial charge is 0.211 e. The molecular weight excluding hydrogens is 384 g/mol. The van der Waals surface area contributed by atoms with Crippen molar-refractivity contribution in [3.8, 4) is 0 Å². The molecule has 0 aliphatic heterocycles. The third-order valence-corrected chi connectivity index (χ3v) is 7.86. The zero-order chi connectivity index (χ0) is 20.2. The highest BCUT2D eigenvalue weighted by Gasteiger charge is 2.30. The molecule has 6 nitrogen and oxygen atoms in total. The van der Waals surface area contributed by atoms with E-state index in [0.29, 0.717) is 5.56 Å². The van der Waals surface area contributed by atoms with Gasteiger partial charge in [0.05, 0.1) is 10.6 Å². The van der Waals surface area contributed by atoms with Crippen LogP contribution in [0.4, 0.5) is 5.69 Å². The van der Waals surface area contributed by atoms with E-state index in [-0.39, 0.29) is 17.2 Å². The van der Waals surface area contributed by atoms with Crippen molar-refractivity contribution in [2.45, 2.75) is 24.0 Å². The van der Waals surface area contributed by atoms with E-state index in [1.54, 1.807) is 36.4 Å². The van der Waals surface area contributed by atoms with Gasteiger partial charge in [0.2, 0.25) is 10.0 Å². The Labute approximate surface area is 162 Å². The van der Waals surface area contributed by atoms with Gasteiger partial charge in [0.15, 0.2) is 9.84 Å². The summed E-state index contributed by atoms with van der Waals surface area (Å²) in [7, 11) is -3.50. The lowest BCUT2D eigenvalue weighted by atomic mass is 10.1. The molecule has 148 valence electrons. The fraction of sp³-hybridized carbons (Fsp3) is 0.368. The lowest BCUT2D eigenvalue weighted by Crippen LogP contribution is -2.33. The number of hydrogen-bond donors (Lipinski definition) is 1. The summed E-state index contributed by atoms with van der Waals surface area (Å²) in [6.45, 7) is 3.18. The first kappa shape index (κ1) is 21.4. The van der Waals surface area contributed by atoms with Crippen LogP contribution < -0.4 is 9.62 Å². The lowest BCUT2D eigenvalue weighted by molar-refractivity contribution is 0.569. The summed E-state index contributed by atoms with van der Waals surface area (Å²) in [5, 5.41) is -1.02. The first-order valence-corrected chi connectivity index (χ1v) is 11.8. The molecule has 0 amide bonds. The van der Waals surface area contributed by atoms with Gasteiger partial charge in [-0.3, -0.25) is 0 Å². The Hall–Kier alpha value is -1.90. The minimum absolute atomic E-state index is 0.107. The Bertz CT molecular complexity index is 965. The molecule has 0 aromatic heterocycles. The average Bonchev–Trinajstić information content (AvgIpc) is 2.62. The molecule has 27 heavy (non-hydrogen) atoms. The van der Waals surface area contributed by atoms with Gasteiger partial charge >= 0.3 is 0 Å². The number of anilines is 1. The minimum Gasteiger partial charge on any atom is -0.378 e. The maximum absolute atomic E-state index is 13.2. The van der Waals surface area contributed by atoms with Crippen LogP contribution in [0.25, 0.3) is 0 Å². The number of aryl methyl sites for hydroxylation is 1. The van der Waals surface area contributed by atoms with Gasteiger partial charge in [0.1, 0.15) is 5.25 Å².